The molecular formula is C16H21N3O3. The molecule has 0 saturated carbocycles. The molecule has 1 aromatic heterocycles. The zero-order chi connectivity index (χ0) is 16.1. The van der Waals surface area contributed by atoms with E-state index >= 15 is 0 Å². The number of ether oxygens (including phenoxy) is 1. The molecule has 1 aromatic carbocycles. The van der Waals surface area contributed by atoms with Crippen molar-refractivity contribution in [1.82, 2.24) is 10.3 Å². The molecule has 2 rings (SSSR count). The predicted molar refractivity (Wildman–Crippen MR) is 83.7 cm³/mol. The predicted octanol–water partition coefficient (Wildman–Crippen LogP) is 3.43. The van der Waals surface area contributed by atoms with E-state index in [-0.39, 0.29) is 11.8 Å². The molecule has 0 aliphatic heterocycles. The Morgan fingerprint density at radius 1 is 1.32 bits per heavy atom. The first-order valence-electron chi connectivity index (χ1n) is 7.39. The average Bonchev–Trinajstić information content (AvgIpc) is 2.96. The molecule has 118 valence electrons. The van der Waals surface area contributed by atoms with Crippen molar-refractivity contribution in [2.45, 2.75) is 33.6 Å². The second-order valence-electron chi connectivity index (χ2n) is 5.14. The monoisotopic (exact) mass is 303 g/mol. The number of rotatable bonds is 6. The summed E-state index contributed by atoms with van der Waals surface area (Å²) in [5, 5.41) is 10.6. The van der Waals surface area contributed by atoms with E-state index in [9.17, 15) is 4.79 Å². The highest BCUT2D eigenvalue weighted by Gasteiger charge is 2.20. The summed E-state index contributed by atoms with van der Waals surface area (Å²) in [6.45, 7) is 5.92. The first-order chi connectivity index (χ1) is 10.6. The van der Waals surface area contributed by atoms with Crippen LogP contribution in [0.3, 0.4) is 0 Å². The fraction of sp³-hybridized carbons (Fsp3) is 0.438. The third kappa shape index (κ3) is 3.27. The van der Waals surface area contributed by atoms with E-state index in [4.69, 9.17) is 9.37 Å². The number of carbonyl (C=O) groups excluding carboxylic acids is 1. The summed E-state index contributed by atoms with van der Waals surface area (Å²) in [6.07, 6.45) is 1.56. The highest BCUT2D eigenvalue weighted by atomic mass is 16.6. The van der Waals surface area contributed by atoms with E-state index in [1.807, 2.05) is 39.0 Å². The molecular weight excluding hydrogens is 282 g/mol. The Morgan fingerprint density at radius 3 is 2.64 bits per heavy atom. The third-order valence-corrected chi connectivity index (χ3v) is 3.78. The van der Waals surface area contributed by atoms with Crippen LogP contribution in [-0.2, 0) is 4.79 Å². The fourth-order valence-electron chi connectivity index (χ4n) is 2.35. The van der Waals surface area contributed by atoms with Crippen molar-refractivity contribution < 1.29 is 14.2 Å². The minimum Gasteiger partial charge on any atom is -0.497 e. The Morgan fingerprint density at radius 2 is 2.05 bits per heavy atom. The molecule has 0 fully saturated rings. The van der Waals surface area contributed by atoms with Crippen LogP contribution < -0.4 is 10.1 Å². The number of benzene rings is 1. The molecule has 6 nitrogen and oxygen atoms in total. The van der Waals surface area contributed by atoms with Gasteiger partial charge in [-0.05, 0) is 53.8 Å². The Hall–Kier alpha value is -2.37. The zero-order valence-electron chi connectivity index (χ0n) is 13.3. The topological polar surface area (TPSA) is 77.3 Å². The van der Waals surface area contributed by atoms with Crippen molar-refractivity contribution in [3.63, 3.8) is 0 Å². The summed E-state index contributed by atoms with van der Waals surface area (Å²) in [7, 11) is 1.62. The molecule has 0 aliphatic rings. The van der Waals surface area contributed by atoms with Crippen molar-refractivity contribution in [2.24, 2.45) is 5.92 Å². The van der Waals surface area contributed by atoms with Crippen LogP contribution in [0.2, 0.25) is 0 Å². The first kappa shape index (κ1) is 16.0. The third-order valence-electron chi connectivity index (χ3n) is 3.78. The van der Waals surface area contributed by atoms with Gasteiger partial charge in [0, 0.05) is 11.5 Å². The van der Waals surface area contributed by atoms with E-state index in [0.29, 0.717) is 11.5 Å². The number of aromatic nitrogens is 2. The van der Waals surface area contributed by atoms with Crippen LogP contribution in [0, 0.1) is 12.8 Å². The maximum Gasteiger partial charge on any atom is 0.228 e. The van der Waals surface area contributed by atoms with Crippen molar-refractivity contribution in [1.29, 1.82) is 0 Å². The molecule has 0 radical (unpaired) electrons. The van der Waals surface area contributed by atoms with Crippen LogP contribution in [0.25, 0.3) is 11.3 Å². The Bertz CT molecular complexity index is 648. The normalized spacial score (nSPS) is 10.8. The maximum absolute atomic E-state index is 12.2. The number of hydrogen-bond acceptors (Lipinski definition) is 5. The SMILES string of the molecule is CCC(CC)C(=O)Nc1nonc1-c1ccc(OC)cc1C. The number of nitrogens with zero attached hydrogens (tertiary/aromatic N) is 2. The summed E-state index contributed by atoms with van der Waals surface area (Å²) < 4.78 is 10.0. The van der Waals surface area contributed by atoms with Crippen molar-refractivity contribution in [3.05, 3.63) is 23.8 Å². The molecule has 1 N–H and O–H groups in total. The minimum absolute atomic E-state index is 0.0403. The van der Waals surface area contributed by atoms with Gasteiger partial charge in [0.1, 0.15) is 5.75 Å². The van der Waals surface area contributed by atoms with Gasteiger partial charge in [-0.1, -0.05) is 13.8 Å². The number of anilines is 1. The second-order valence-corrected chi connectivity index (χ2v) is 5.14. The highest BCUT2D eigenvalue weighted by Crippen LogP contribution is 2.30. The second kappa shape index (κ2) is 7.06. The number of hydrogen-bond donors (Lipinski definition) is 1. The lowest BCUT2D eigenvalue weighted by Gasteiger charge is -2.12. The summed E-state index contributed by atoms with van der Waals surface area (Å²) in [6, 6.07) is 5.61. The highest BCUT2D eigenvalue weighted by molar-refractivity contribution is 5.94. The van der Waals surface area contributed by atoms with E-state index in [0.717, 1.165) is 29.7 Å². The summed E-state index contributed by atoms with van der Waals surface area (Å²) in [5.41, 5.74) is 2.34. The average molecular weight is 303 g/mol. The van der Waals surface area contributed by atoms with Gasteiger partial charge in [-0.2, -0.15) is 0 Å². The van der Waals surface area contributed by atoms with Gasteiger partial charge in [0.2, 0.25) is 11.7 Å². The van der Waals surface area contributed by atoms with Gasteiger partial charge in [0.05, 0.1) is 7.11 Å². The lowest BCUT2D eigenvalue weighted by Crippen LogP contribution is -2.22. The van der Waals surface area contributed by atoms with Gasteiger partial charge in [-0.15, -0.1) is 0 Å². The Kier molecular flexibility index (Phi) is 5.14. The van der Waals surface area contributed by atoms with Gasteiger partial charge < -0.3 is 10.1 Å². The van der Waals surface area contributed by atoms with E-state index < -0.39 is 0 Å². The molecule has 0 saturated heterocycles. The molecule has 6 heteroatoms. The number of aryl methyl sites for hydroxylation is 1. The van der Waals surface area contributed by atoms with Gasteiger partial charge in [-0.3, -0.25) is 4.79 Å². The first-order valence-corrected chi connectivity index (χ1v) is 7.39. The molecule has 1 amide bonds. The molecule has 0 unspecified atom stereocenters. The number of amides is 1. The summed E-state index contributed by atoms with van der Waals surface area (Å²) in [5.74, 6) is 1.01. The van der Waals surface area contributed by atoms with E-state index in [1.165, 1.54) is 0 Å². The zero-order valence-corrected chi connectivity index (χ0v) is 13.3. The van der Waals surface area contributed by atoms with E-state index in [2.05, 4.69) is 15.6 Å². The summed E-state index contributed by atoms with van der Waals surface area (Å²) >= 11 is 0. The van der Waals surface area contributed by atoms with Crippen LogP contribution in [0.1, 0.15) is 32.3 Å². The largest absolute Gasteiger partial charge is 0.497 e. The van der Waals surface area contributed by atoms with E-state index in [1.54, 1.807) is 7.11 Å². The smallest absolute Gasteiger partial charge is 0.228 e. The lowest BCUT2D eigenvalue weighted by molar-refractivity contribution is -0.120. The van der Waals surface area contributed by atoms with Gasteiger partial charge in [0.15, 0.2) is 5.69 Å². The number of nitrogens with one attached hydrogen (secondary N) is 1. The molecule has 2 aromatic rings. The molecule has 1 heterocycles. The summed E-state index contributed by atoms with van der Waals surface area (Å²) in [4.78, 5) is 12.2. The molecule has 0 bridgehead atoms. The van der Waals surface area contributed by atoms with Crippen molar-refractivity contribution >= 4 is 11.7 Å². The molecule has 22 heavy (non-hydrogen) atoms. The van der Waals surface area contributed by atoms with Crippen LogP contribution >= 0.6 is 0 Å². The Labute approximate surface area is 129 Å². The van der Waals surface area contributed by atoms with Crippen molar-refractivity contribution in [3.8, 4) is 17.0 Å². The minimum atomic E-state index is -0.0619. The van der Waals surface area contributed by atoms with Crippen LogP contribution in [0.4, 0.5) is 5.82 Å². The van der Waals surface area contributed by atoms with Crippen LogP contribution in [-0.4, -0.2) is 23.3 Å². The quantitative estimate of drug-likeness (QED) is 0.884. The van der Waals surface area contributed by atoms with Gasteiger partial charge >= 0.3 is 0 Å². The molecule has 0 atom stereocenters. The molecule has 0 spiro atoms. The van der Waals surface area contributed by atoms with Crippen LogP contribution in [0.15, 0.2) is 22.8 Å². The van der Waals surface area contributed by atoms with Crippen LogP contribution in [0.5, 0.6) is 5.75 Å². The lowest BCUT2D eigenvalue weighted by atomic mass is 10.0. The maximum atomic E-state index is 12.2. The van der Waals surface area contributed by atoms with Gasteiger partial charge in [-0.25, -0.2) is 4.63 Å². The van der Waals surface area contributed by atoms with Gasteiger partial charge in [0.25, 0.3) is 0 Å². The van der Waals surface area contributed by atoms with Crippen molar-refractivity contribution in [2.75, 3.05) is 12.4 Å². The molecule has 0 aliphatic carbocycles. The number of methoxy groups -OCH3 is 1. The number of carbonyl (C=O) groups is 1. The fourth-order valence-corrected chi connectivity index (χ4v) is 2.35. The Balaban J connectivity index is 2.28. The standard InChI is InChI=1S/C16H21N3O3/c1-5-11(6-2)16(20)17-15-14(18-22-19-15)13-8-7-12(21-4)9-10(13)3/h7-9,11H,5-6H2,1-4H3,(H,17,19,20).